The Morgan fingerprint density at radius 1 is 1.19 bits per heavy atom. The maximum absolute atomic E-state index is 13.1. The summed E-state index contributed by atoms with van der Waals surface area (Å²) in [6.45, 7) is 5.86. The van der Waals surface area contributed by atoms with Gasteiger partial charge in [-0.05, 0) is 50.5 Å². The molecular formula is C20H25NO5S. The molecule has 2 bridgehead atoms. The van der Waals surface area contributed by atoms with Gasteiger partial charge in [0.1, 0.15) is 5.00 Å². The number of rotatable bonds is 6. The number of esters is 1. The second kappa shape index (κ2) is 7.84. The first kappa shape index (κ1) is 19.6. The Balaban J connectivity index is 1.91. The monoisotopic (exact) mass is 391 g/mol. The Bertz CT molecular complexity index is 797. The molecule has 4 atom stereocenters. The minimum atomic E-state index is -0.934. The first-order valence-corrected chi connectivity index (χ1v) is 10.2. The maximum atomic E-state index is 13.1. The minimum absolute atomic E-state index is 0.0751. The number of ether oxygens (including phenoxy) is 1. The van der Waals surface area contributed by atoms with Crippen molar-refractivity contribution in [1.29, 1.82) is 0 Å². The number of carbonyl (C=O) groups is 3. The van der Waals surface area contributed by atoms with Crippen LogP contribution in [0.4, 0.5) is 5.00 Å². The lowest BCUT2D eigenvalue weighted by Gasteiger charge is -2.41. The number of thiophene rings is 1. The van der Waals surface area contributed by atoms with Crippen LogP contribution in [0.2, 0.25) is 0 Å². The van der Waals surface area contributed by atoms with Crippen molar-refractivity contribution in [3.8, 4) is 0 Å². The van der Waals surface area contributed by atoms with Crippen LogP contribution in [0, 0.1) is 30.6 Å². The van der Waals surface area contributed by atoms with Gasteiger partial charge in [-0.3, -0.25) is 9.59 Å². The average molecular weight is 391 g/mol. The van der Waals surface area contributed by atoms with Gasteiger partial charge >= 0.3 is 11.9 Å². The molecule has 1 aromatic rings. The van der Waals surface area contributed by atoms with Gasteiger partial charge in [0.15, 0.2) is 0 Å². The summed E-state index contributed by atoms with van der Waals surface area (Å²) in [5.74, 6) is -3.22. The summed E-state index contributed by atoms with van der Waals surface area (Å²) in [4.78, 5) is 38.2. The van der Waals surface area contributed by atoms with Crippen LogP contribution >= 0.6 is 11.3 Å². The van der Waals surface area contributed by atoms with Crippen molar-refractivity contribution in [2.45, 2.75) is 40.0 Å². The van der Waals surface area contributed by atoms with Gasteiger partial charge in [-0.1, -0.05) is 19.1 Å². The first-order chi connectivity index (χ1) is 12.9. The van der Waals surface area contributed by atoms with Crippen LogP contribution < -0.4 is 5.32 Å². The molecule has 27 heavy (non-hydrogen) atoms. The van der Waals surface area contributed by atoms with Gasteiger partial charge < -0.3 is 15.2 Å². The number of fused-ring (bicyclic) bond motifs is 2. The number of hydrogen-bond donors (Lipinski definition) is 2. The minimum Gasteiger partial charge on any atom is -0.481 e. The Kier molecular flexibility index (Phi) is 5.69. The summed E-state index contributed by atoms with van der Waals surface area (Å²) in [6.07, 6.45) is 6.18. The maximum Gasteiger partial charge on any atom is 0.341 e. The number of carboxylic acid groups (broad SMARTS) is 1. The molecule has 0 aliphatic heterocycles. The lowest BCUT2D eigenvalue weighted by molar-refractivity contribution is -0.151. The van der Waals surface area contributed by atoms with E-state index >= 15 is 0 Å². The van der Waals surface area contributed by atoms with Crippen molar-refractivity contribution < 1.29 is 24.2 Å². The fraction of sp³-hybridized carbons (Fsp3) is 0.550. The molecule has 1 amide bonds. The van der Waals surface area contributed by atoms with Crippen molar-refractivity contribution in [2.75, 3.05) is 11.9 Å². The van der Waals surface area contributed by atoms with Crippen LogP contribution in [0.3, 0.4) is 0 Å². The highest BCUT2D eigenvalue weighted by Crippen LogP contribution is 2.46. The second-order valence-electron chi connectivity index (χ2n) is 7.08. The Hall–Kier alpha value is -2.15. The second-order valence-corrected chi connectivity index (χ2v) is 8.31. The van der Waals surface area contributed by atoms with Crippen LogP contribution in [0.25, 0.3) is 0 Å². The predicted octanol–water partition coefficient (Wildman–Crippen LogP) is 3.65. The number of anilines is 1. The van der Waals surface area contributed by atoms with Gasteiger partial charge in [-0.2, -0.15) is 0 Å². The summed E-state index contributed by atoms with van der Waals surface area (Å²) in [5, 5.41) is 13.0. The van der Waals surface area contributed by atoms with E-state index in [-0.39, 0.29) is 24.3 Å². The molecule has 1 aromatic heterocycles. The van der Waals surface area contributed by atoms with E-state index in [0.717, 1.165) is 23.3 Å². The molecule has 2 N–H and O–H groups in total. The zero-order valence-electron chi connectivity index (χ0n) is 15.8. The zero-order chi connectivity index (χ0) is 19.7. The van der Waals surface area contributed by atoms with Crippen LogP contribution in [0.15, 0.2) is 12.2 Å². The van der Waals surface area contributed by atoms with Crippen molar-refractivity contribution in [3.05, 3.63) is 28.2 Å². The molecular weight excluding hydrogens is 366 g/mol. The smallest absolute Gasteiger partial charge is 0.341 e. The largest absolute Gasteiger partial charge is 0.481 e. The van der Waals surface area contributed by atoms with E-state index in [4.69, 9.17) is 4.74 Å². The molecule has 0 unspecified atom stereocenters. The lowest BCUT2D eigenvalue weighted by atomic mass is 9.62. The normalized spacial score (nSPS) is 26.0. The number of carboxylic acids is 1. The quantitative estimate of drug-likeness (QED) is 0.570. The van der Waals surface area contributed by atoms with Gasteiger partial charge in [0.2, 0.25) is 5.91 Å². The third-order valence-corrected chi connectivity index (χ3v) is 6.68. The van der Waals surface area contributed by atoms with Crippen LogP contribution in [0.5, 0.6) is 0 Å². The van der Waals surface area contributed by atoms with E-state index in [9.17, 15) is 19.5 Å². The molecule has 4 rings (SSSR count). The summed E-state index contributed by atoms with van der Waals surface area (Å²) in [7, 11) is 0. The number of carbonyl (C=O) groups excluding carboxylic acids is 2. The highest BCUT2D eigenvalue weighted by molar-refractivity contribution is 7.16. The third kappa shape index (κ3) is 3.52. The van der Waals surface area contributed by atoms with Gasteiger partial charge in [-0.15, -0.1) is 11.3 Å². The molecule has 0 aromatic carbocycles. The number of aryl methyl sites for hydroxylation is 1. The summed E-state index contributed by atoms with van der Waals surface area (Å²) < 4.78 is 5.17. The summed E-state index contributed by atoms with van der Waals surface area (Å²) >= 11 is 1.34. The van der Waals surface area contributed by atoms with Crippen LogP contribution in [-0.4, -0.2) is 29.6 Å². The van der Waals surface area contributed by atoms with Gasteiger partial charge in [-0.25, -0.2) is 4.79 Å². The fourth-order valence-corrected chi connectivity index (χ4v) is 5.53. The number of hydrogen-bond acceptors (Lipinski definition) is 5. The molecule has 3 aliphatic carbocycles. The molecule has 0 radical (unpaired) electrons. The molecule has 146 valence electrons. The first-order valence-electron chi connectivity index (χ1n) is 9.40. The molecule has 7 heteroatoms. The Morgan fingerprint density at radius 3 is 2.33 bits per heavy atom. The van der Waals surface area contributed by atoms with Crippen molar-refractivity contribution in [2.24, 2.45) is 23.7 Å². The molecule has 0 saturated heterocycles. The molecule has 1 fully saturated rings. The van der Waals surface area contributed by atoms with Gasteiger partial charge in [0, 0.05) is 4.88 Å². The average Bonchev–Trinajstić information content (AvgIpc) is 2.96. The van der Waals surface area contributed by atoms with Gasteiger partial charge in [0.25, 0.3) is 0 Å². The molecule has 0 spiro atoms. The standard InChI is InChI=1S/C20H25NO5S/c1-4-13-10(3)27-18(16(13)20(25)26-5-2)21-17(22)14-11-6-8-12(9-7-11)15(14)19(23)24/h6,8,11-12,14-15H,4-5,7,9H2,1-3H3,(H,21,22)(H,23,24)/t11-,12-,14+,15-/m0/s1. The number of allylic oxidation sites excluding steroid dienone is 2. The van der Waals surface area contributed by atoms with Crippen LogP contribution in [-0.2, 0) is 20.7 Å². The van der Waals surface area contributed by atoms with Crippen LogP contribution in [0.1, 0.15) is 47.5 Å². The molecule has 1 saturated carbocycles. The summed E-state index contributed by atoms with van der Waals surface area (Å²) in [6, 6.07) is 0. The zero-order valence-corrected chi connectivity index (χ0v) is 16.6. The predicted molar refractivity (Wildman–Crippen MR) is 103 cm³/mol. The van der Waals surface area contributed by atoms with Gasteiger partial charge in [0.05, 0.1) is 24.0 Å². The van der Waals surface area contributed by atoms with E-state index < -0.39 is 23.8 Å². The van der Waals surface area contributed by atoms with E-state index in [2.05, 4.69) is 5.32 Å². The SMILES string of the molecule is CCOC(=O)c1c(NC(=O)[C@H]2[C@@H](C(=O)O)[C@H]3C=C[C@H]2CC3)sc(C)c1CC. The summed E-state index contributed by atoms with van der Waals surface area (Å²) in [5.41, 5.74) is 1.27. The Morgan fingerprint density at radius 2 is 1.81 bits per heavy atom. The Labute approximate surface area is 162 Å². The highest BCUT2D eigenvalue weighted by Gasteiger charge is 2.48. The number of aliphatic carboxylic acids is 1. The van der Waals surface area contributed by atoms with E-state index in [1.807, 2.05) is 26.0 Å². The number of nitrogens with one attached hydrogen (secondary N) is 1. The van der Waals surface area contributed by atoms with E-state index in [1.54, 1.807) is 6.92 Å². The highest BCUT2D eigenvalue weighted by atomic mass is 32.1. The van der Waals surface area contributed by atoms with Crippen molar-refractivity contribution in [3.63, 3.8) is 0 Å². The third-order valence-electron chi connectivity index (χ3n) is 5.61. The molecule has 6 nitrogen and oxygen atoms in total. The fourth-order valence-electron chi connectivity index (χ4n) is 4.40. The topological polar surface area (TPSA) is 92.7 Å². The van der Waals surface area contributed by atoms with E-state index in [1.165, 1.54) is 11.3 Å². The lowest BCUT2D eigenvalue weighted by Crippen LogP contribution is -2.47. The van der Waals surface area contributed by atoms with E-state index in [0.29, 0.717) is 17.0 Å². The molecule has 1 heterocycles. The van der Waals surface area contributed by atoms with Crippen molar-refractivity contribution >= 4 is 34.2 Å². The van der Waals surface area contributed by atoms with Crippen molar-refractivity contribution in [1.82, 2.24) is 0 Å². The molecule has 3 aliphatic rings. The number of amides is 1.